The van der Waals surface area contributed by atoms with Gasteiger partial charge >= 0.3 is 21.1 Å². The average molecular weight is 1110 g/mol. The number of rotatable bonds is 8. The Hall–Kier alpha value is -4.37. The quantitative estimate of drug-likeness (QED) is 0.134. The molecule has 0 aliphatic carbocycles. The van der Waals surface area contributed by atoms with E-state index in [0.717, 1.165) is 90.0 Å². The van der Waals surface area contributed by atoms with Crippen molar-refractivity contribution in [3.05, 3.63) is 121 Å². The van der Waals surface area contributed by atoms with E-state index >= 15 is 0 Å². The minimum Gasteiger partial charge on any atom is -0.405 e. The third-order valence-corrected chi connectivity index (χ3v) is 17.8. The van der Waals surface area contributed by atoms with Crippen LogP contribution in [0.25, 0.3) is 21.8 Å². The first-order valence-electron chi connectivity index (χ1n) is 26.9. The Bertz CT molecular complexity index is 3070. The minimum absolute atomic E-state index is 0.00496. The molecule has 5 saturated heterocycles. The summed E-state index contributed by atoms with van der Waals surface area (Å²) in [5.74, 6) is 0. The van der Waals surface area contributed by atoms with Gasteiger partial charge in [0.15, 0.2) is 0 Å². The van der Waals surface area contributed by atoms with Gasteiger partial charge in [0.25, 0.3) is 11.1 Å². The number of hydrogen-bond donors (Lipinski definition) is 0. The first-order valence-corrected chi connectivity index (χ1v) is 27.6. The lowest BCUT2D eigenvalue weighted by atomic mass is 9.49. The SMILES string of the molecule is CC1(C)OB(B2OC(C)(C)C(C)(C)O2)OC1(C)C.Cn1c(Cc2ccc(B3OC(C)(C)C(C)(C)O3)cc2)cc2c(cnn2C2CCOCC2)c1=O.Cn1c(Cc2ccc(Br)cc2)cc2c(cnn2C2CCOCC2)c1=O. The number of hydrogen-bond acceptors (Lipinski definition) is 12. The molecular formula is C56H76B3BrN6O10. The van der Waals surface area contributed by atoms with E-state index in [9.17, 15) is 9.59 Å². The van der Waals surface area contributed by atoms with Crippen LogP contribution in [0.2, 0.25) is 0 Å². The maximum atomic E-state index is 13.0. The standard InChI is InChI=1S/C25H32BN3O4.C19H20BrN3O2.C12H24B2O4/c1-24(2)25(3,4)33-26(32-24)18-8-6-17(7-9-18)14-20-15-22-21(23(30)28(20)5)16-27-29(22)19-10-12-31-13-11-19;1-22-16(10-13-2-4-14(20)5-3-13)11-18-17(19(22)24)12-21-23(18)15-6-8-25-9-7-15;1-9(2)10(3,4)16-13(15-9)14-17-11(5,6)12(7,8)18-14/h6-9,15-16,19H,10-14H2,1-5H3;2-5,11-12,15H,6-10H2,1H3;1-8H3. The zero-order valence-electron chi connectivity index (χ0n) is 47.0. The highest BCUT2D eigenvalue weighted by Crippen LogP contribution is 2.43. The second-order valence-electron chi connectivity index (χ2n) is 24.0. The second kappa shape index (κ2) is 21.4. The van der Waals surface area contributed by atoms with E-state index in [0.29, 0.717) is 29.7 Å². The summed E-state index contributed by atoms with van der Waals surface area (Å²) >= 11 is 3.46. The first-order chi connectivity index (χ1) is 35.7. The smallest absolute Gasteiger partial charge is 0.405 e. The van der Waals surface area contributed by atoms with Gasteiger partial charge in [-0.15, -0.1) is 0 Å². The third-order valence-electron chi connectivity index (χ3n) is 17.2. The number of benzene rings is 2. The van der Waals surface area contributed by atoms with Crippen LogP contribution < -0.4 is 16.6 Å². The summed E-state index contributed by atoms with van der Waals surface area (Å²) in [4.78, 5) is 25.8. The Morgan fingerprint density at radius 2 is 0.842 bits per heavy atom. The number of aromatic nitrogens is 6. The van der Waals surface area contributed by atoms with E-state index < -0.39 is 14.0 Å². The first kappa shape index (κ1) is 56.4. The maximum absolute atomic E-state index is 13.0. The lowest BCUT2D eigenvalue weighted by molar-refractivity contribution is 0.00578. The summed E-state index contributed by atoms with van der Waals surface area (Å²) in [5, 5.41) is 10.4. The van der Waals surface area contributed by atoms with E-state index in [1.165, 1.54) is 5.56 Å². The Labute approximate surface area is 456 Å². The molecule has 0 amide bonds. The largest absolute Gasteiger partial charge is 0.494 e. The van der Waals surface area contributed by atoms with Crippen LogP contribution >= 0.6 is 15.9 Å². The molecule has 20 heteroatoms. The molecule has 0 spiro atoms. The lowest BCUT2D eigenvalue weighted by Gasteiger charge is -2.32. The predicted molar refractivity (Wildman–Crippen MR) is 302 cm³/mol. The average Bonchev–Trinajstić information content (AvgIpc) is 4.18. The van der Waals surface area contributed by atoms with E-state index in [4.69, 9.17) is 37.4 Å². The number of halogens is 1. The van der Waals surface area contributed by atoms with Gasteiger partial charge in [0, 0.05) is 69.2 Å². The van der Waals surface area contributed by atoms with Crippen molar-refractivity contribution < 1.29 is 37.4 Å². The van der Waals surface area contributed by atoms with Crippen molar-refractivity contribution in [3.63, 3.8) is 0 Å². The summed E-state index contributed by atoms with van der Waals surface area (Å²) in [7, 11) is 2.34. The molecule has 11 rings (SSSR count). The van der Waals surface area contributed by atoms with Crippen molar-refractivity contribution in [3.8, 4) is 0 Å². The van der Waals surface area contributed by atoms with Gasteiger partial charge in [-0.2, -0.15) is 10.2 Å². The van der Waals surface area contributed by atoms with Crippen LogP contribution in [0.1, 0.15) is 143 Å². The van der Waals surface area contributed by atoms with Crippen LogP contribution in [-0.4, -0.2) is 110 Å². The normalized spacial score (nSPS) is 21.7. The van der Waals surface area contributed by atoms with Gasteiger partial charge in [0.05, 0.1) is 79.9 Å². The monoisotopic (exact) mass is 1100 g/mol. The lowest BCUT2D eigenvalue weighted by Crippen LogP contribution is -2.41. The highest BCUT2D eigenvalue weighted by Gasteiger charge is 2.64. The van der Waals surface area contributed by atoms with Gasteiger partial charge in [-0.25, -0.2) is 0 Å². The van der Waals surface area contributed by atoms with Crippen LogP contribution in [0.3, 0.4) is 0 Å². The van der Waals surface area contributed by atoms with Gasteiger partial charge in [-0.05, 0) is 150 Å². The van der Waals surface area contributed by atoms with Crippen LogP contribution in [-0.2, 0) is 64.3 Å². The minimum atomic E-state index is -0.476. The number of fused-ring (bicyclic) bond motifs is 2. The summed E-state index contributed by atoms with van der Waals surface area (Å²) in [6, 6.07) is 21.3. The van der Waals surface area contributed by atoms with E-state index in [2.05, 4.69) is 102 Å². The van der Waals surface area contributed by atoms with Gasteiger partial charge in [0.1, 0.15) is 0 Å². The highest BCUT2D eigenvalue weighted by molar-refractivity contribution is 9.10. The molecule has 9 heterocycles. The molecule has 0 N–H and O–H groups in total. The fourth-order valence-electron chi connectivity index (χ4n) is 10.1. The van der Waals surface area contributed by atoms with E-state index in [1.54, 1.807) is 21.5 Å². The van der Waals surface area contributed by atoms with Crippen LogP contribution in [0, 0.1) is 0 Å². The van der Waals surface area contributed by atoms with Gasteiger partial charge in [-0.3, -0.25) is 19.0 Å². The van der Waals surface area contributed by atoms with Crippen molar-refractivity contribution >= 4 is 64.3 Å². The molecule has 5 fully saturated rings. The third kappa shape index (κ3) is 11.3. The summed E-state index contributed by atoms with van der Waals surface area (Å²) in [6.07, 6.45) is 8.50. The zero-order valence-corrected chi connectivity index (χ0v) is 48.6. The molecule has 0 unspecified atom stereocenters. The summed E-state index contributed by atoms with van der Waals surface area (Å²) in [5.41, 5.74) is 4.95. The van der Waals surface area contributed by atoms with E-state index in [1.807, 2.05) is 91.0 Å². The molecule has 406 valence electrons. The molecule has 4 aromatic heterocycles. The van der Waals surface area contributed by atoms with Crippen LogP contribution in [0.15, 0.2) is 87.1 Å². The zero-order chi connectivity index (χ0) is 54.8. The molecular weight excluding hydrogens is 1030 g/mol. The number of nitrogens with zero attached hydrogens (tertiary/aromatic N) is 6. The van der Waals surface area contributed by atoms with Crippen molar-refractivity contribution in [1.82, 2.24) is 28.7 Å². The van der Waals surface area contributed by atoms with Crippen molar-refractivity contribution in [2.45, 2.75) is 167 Å². The van der Waals surface area contributed by atoms with Crippen molar-refractivity contribution in [2.75, 3.05) is 26.4 Å². The van der Waals surface area contributed by atoms with E-state index in [-0.39, 0.29) is 57.9 Å². The van der Waals surface area contributed by atoms with Crippen molar-refractivity contribution in [2.24, 2.45) is 14.1 Å². The molecule has 0 atom stereocenters. The van der Waals surface area contributed by atoms with Gasteiger partial charge in [-0.1, -0.05) is 52.3 Å². The summed E-state index contributed by atoms with van der Waals surface area (Å²) in [6.45, 7) is 27.4. The maximum Gasteiger partial charge on any atom is 0.494 e. The van der Waals surface area contributed by atoms with Crippen LogP contribution in [0.4, 0.5) is 0 Å². The Morgan fingerprint density at radius 1 is 0.513 bits per heavy atom. The molecule has 0 bridgehead atoms. The number of pyridine rings is 2. The molecule has 6 aromatic rings. The van der Waals surface area contributed by atoms with Crippen molar-refractivity contribution in [1.29, 1.82) is 0 Å². The molecule has 0 radical (unpaired) electrons. The fourth-order valence-corrected chi connectivity index (χ4v) is 10.3. The van der Waals surface area contributed by atoms with Gasteiger partial charge < -0.3 is 46.5 Å². The van der Waals surface area contributed by atoms with Crippen LogP contribution in [0.5, 0.6) is 0 Å². The highest BCUT2D eigenvalue weighted by atomic mass is 79.9. The Morgan fingerprint density at radius 3 is 1.20 bits per heavy atom. The molecule has 2 aromatic carbocycles. The predicted octanol–water partition coefficient (Wildman–Crippen LogP) is 8.67. The molecule has 16 nitrogen and oxygen atoms in total. The number of ether oxygens (including phenoxy) is 2. The molecule has 5 aliphatic rings. The Balaban J connectivity index is 0.000000146. The molecule has 0 saturated carbocycles. The molecule has 76 heavy (non-hydrogen) atoms. The fraction of sp³-hybridized carbons (Fsp3) is 0.571. The molecule has 5 aliphatic heterocycles. The Kier molecular flexibility index (Phi) is 15.8. The second-order valence-corrected chi connectivity index (χ2v) is 24.9. The topological polar surface area (TPSA) is 153 Å². The summed E-state index contributed by atoms with van der Waals surface area (Å²) < 4.78 is 55.7. The van der Waals surface area contributed by atoms with Gasteiger partial charge in [0.2, 0.25) is 0 Å².